The molecule has 2 heterocycles. The lowest BCUT2D eigenvalue weighted by molar-refractivity contribution is 0.456. The van der Waals surface area contributed by atoms with Crippen molar-refractivity contribution in [1.82, 2.24) is 9.97 Å². The van der Waals surface area contributed by atoms with Gasteiger partial charge in [0.15, 0.2) is 0 Å². The van der Waals surface area contributed by atoms with Crippen LogP contribution in [0.1, 0.15) is 43.9 Å². The molecule has 2 aromatic rings. The van der Waals surface area contributed by atoms with Crippen molar-refractivity contribution in [2.45, 2.75) is 52.0 Å². The van der Waals surface area contributed by atoms with Crippen molar-refractivity contribution < 1.29 is 0 Å². The van der Waals surface area contributed by atoms with Crippen LogP contribution in [0, 0.1) is 12.8 Å². The third-order valence-corrected chi connectivity index (χ3v) is 5.37. The van der Waals surface area contributed by atoms with Crippen molar-refractivity contribution in [3.8, 4) is 0 Å². The molecule has 2 N–H and O–H groups in total. The monoisotopic (exact) mass is 304 g/mol. The van der Waals surface area contributed by atoms with Crippen LogP contribution < -0.4 is 10.6 Å². The molecule has 0 saturated heterocycles. The normalized spacial score (nSPS) is 23.0. The number of hydrogen-bond donors (Lipinski definition) is 2. The van der Waals surface area contributed by atoms with Crippen LogP contribution in [0.2, 0.25) is 0 Å². The third kappa shape index (κ3) is 3.12. The second-order valence-corrected chi connectivity index (χ2v) is 7.32. The molecular weight excluding hydrogens is 280 g/mol. The van der Waals surface area contributed by atoms with Crippen LogP contribution in [0.4, 0.5) is 11.8 Å². The summed E-state index contributed by atoms with van der Waals surface area (Å²) in [6, 6.07) is 2.72. The van der Waals surface area contributed by atoms with Crippen LogP contribution in [0.25, 0.3) is 10.2 Å². The van der Waals surface area contributed by atoms with E-state index in [1.54, 1.807) is 11.3 Å². The average molecular weight is 304 g/mol. The van der Waals surface area contributed by atoms with E-state index in [4.69, 9.17) is 0 Å². The number of aryl methyl sites for hydroxylation is 1. The lowest BCUT2D eigenvalue weighted by Crippen LogP contribution is -2.27. The van der Waals surface area contributed by atoms with E-state index in [9.17, 15) is 0 Å². The summed E-state index contributed by atoms with van der Waals surface area (Å²) in [4.78, 5) is 11.6. The van der Waals surface area contributed by atoms with Crippen molar-refractivity contribution in [3.63, 3.8) is 0 Å². The summed E-state index contributed by atoms with van der Waals surface area (Å²) in [5, 5.41) is 7.95. The molecule has 3 rings (SSSR count). The number of nitrogens with zero attached hydrogens (tertiary/aromatic N) is 2. The molecule has 21 heavy (non-hydrogen) atoms. The lowest BCUT2D eigenvalue weighted by atomic mass is 9.97. The first-order valence-corrected chi connectivity index (χ1v) is 8.71. The quantitative estimate of drug-likeness (QED) is 0.824. The Labute approximate surface area is 130 Å². The summed E-state index contributed by atoms with van der Waals surface area (Å²) in [6.45, 7) is 4.49. The maximum atomic E-state index is 4.67. The van der Waals surface area contributed by atoms with Crippen LogP contribution in [0.15, 0.2) is 6.07 Å². The second kappa shape index (κ2) is 6.18. The first-order valence-electron chi connectivity index (χ1n) is 7.90. The molecule has 1 aliphatic carbocycles. The molecule has 1 saturated carbocycles. The minimum atomic E-state index is 0.524. The zero-order chi connectivity index (χ0) is 14.8. The molecule has 2 atom stereocenters. The van der Waals surface area contributed by atoms with Gasteiger partial charge < -0.3 is 10.6 Å². The van der Waals surface area contributed by atoms with Crippen molar-refractivity contribution >= 4 is 33.3 Å². The number of rotatable bonds is 3. The first kappa shape index (κ1) is 14.6. The number of hydrogen-bond acceptors (Lipinski definition) is 5. The molecule has 0 radical (unpaired) electrons. The Morgan fingerprint density at radius 3 is 2.81 bits per heavy atom. The number of anilines is 2. The fourth-order valence-electron chi connectivity index (χ4n) is 3.15. The summed E-state index contributed by atoms with van der Waals surface area (Å²) in [5.41, 5.74) is 0. The van der Waals surface area contributed by atoms with Gasteiger partial charge in [-0.2, -0.15) is 4.98 Å². The summed E-state index contributed by atoms with van der Waals surface area (Å²) in [6.07, 6.45) is 6.59. The topological polar surface area (TPSA) is 49.8 Å². The van der Waals surface area contributed by atoms with Crippen molar-refractivity contribution in [3.05, 3.63) is 10.9 Å². The van der Waals surface area contributed by atoms with E-state index in [-0.39, 0.29) is 0 Å². The summed E-state index contributed by atoms with van der Waals surface area (Å²) >= 11 is 1.73. The molecule has 0 spiro atoms. The molecule has 4 nitrogen and oxygen atoms in total. The minimum Gasteiger partial charge on any atom is -0.366 e. The number of fused-ring (bicyclic) bond motifs is 1. The molecule has 0 bridgehead atoms. The largest absolute Gasteiger partial charge is 0.366 e. The van der Waals surface area contributed by atoms with E-state index in [1.807, 2.05) is 7.05 Å². The Balaban J connectivity index is 1.94. The number of nitrogens with one attached hydrogen (secondary N) is 2. The highest BCUT2D eigenvalue weighted by Crippen LogP contribution is 2.32. The average Bonchev–Trinajstić information content (AvgIpc) is 2.73. The van der Waals surface area contributed by atoms with E-state index < -0.39 is 0 Å². The summed E-state index contributed by atoms with van der Waals surface area (Å²) in [5.74, 6) is 2.40. The molecule has 2 unspecified atom stereocenters. The first-order chi connectivity index (χ1) is 10.2. The molecule has 5 heteroatoms. The molecule has 1 aliphatic rings. The number of thiophene rings is 1. The van der Waals surface area contributed by atoms with Gasteiger partial charge in [0.2, 0.25) is 5.95 Å². The highest BCUT2D eigenvalue weighted by molar-refractivity contribution is 7.18. The van der Waals surface area contributed by atoms with E-state index in [1.165, 1.54) is 37.0 Å². The van der Waals surface area contributed by atoms with Crippen LogP contribution in [-0.4, -0.2) is 23.1 Å². The predicted molar refractivity (Wildman–Crippen MR) is 91.4 cm³/mol. The van der Waals surface area contributed by atoms with Gasteiger partial charge in [-0.05, 0) is 31.7 Å². The summed E-state index contributed by atoms with van der Waals surface area (Å²) < 4.78 is 0. The van der Waals surface area contributed by atoms with E-state index in [0.717, 1.165) is 16.0 Å². The van der Waals surface area contributed by atoms with E-state index in [2.05, 4.69) is 40.5 Å². The molecule has 114 valence electrons. The fraction of sp³-hybridized carbons (Fsp3) is 0.625. The molecule has 0 aliphatic heterocycles. The van der Waals surface area contributed by atoms with Crippen LogP contribution >= 0.6 is 11.3 Å². The zero-order valence-corrected chi connectivity index (χ0v) is 13.9. The van der Waals surface area contributed by atoms with Crippen LogP contribution in [0.3, 0.4) is 0 Å². The lowest BCUT2D eigenvalue weighted by Gasteiger charge is -2.23. The standard InChI is InChI=1S/C16H24N4S/c1-10-7-5-4-6-8-13(10)18-14-12-9-11(2)21-15(12)20-16(17-3)19-14/h9-10,13H,4-8H2,1-3H3,(H2,17,18,19,20). The van der Waals surface area contributed by atoms with Crippen LogP contribution in [0.5, 0.6) is 0 Å². The maximum absolute atomic E-state index is 4.67. The highest BCUT2D eigenvalue weighted by Gasteiger charge is 2.21. The third-order valence-electron chi connectivity index (χ3n) is 4.42. The summed E-state index contributed by atoms with van der Waals surface area (Å²) in [7, 11) is 1.87. The Morgan fingerprint density at radius 2 is 2.00 bits per heavy atom. The second-order valence-electron chi connectivity index (χ2n) is 6.09. The molecule has 2 aromatic heterocycles. The number of aromatic nitrogens is 2. The molecule has 0 aromatic carbocycles. The molecule has 0 amide bonds. The molecule has 1 fully saturated rings. The van der Waals surface area contributed by atoms with Gasteiger partial charge >= 0.3 is 0 Å². The Bertz CT molecular complexity index is 622. The maximum Gasteiger partial charge on any atom is 0.225 e. The fourth-order valence-corrected chi connectivity index (χ4v) is 4.03. The predicted octanol–water partition coefficient (Wildman–Crippen LogP) is 4.42. The zero-order valence-electron chi connectivity index (χ0n) is 13.1. The smallest absolute Gasteiger partial charge is 0.225 e. The van der Waals surface area contributed by atoms with Gasteiger partial charge in [0, 0.05) is 18.0 Å². The van der Waals surface area contributed by atoms with E-state index in [0.29, 0.717) is 17.9 Å². The van der Waals surface area contributed by atoms with Gasteiger partial charge in [-0.3, -0.25) is 0 Å². The van der Waals surface area contributed by atoms with Crippen molar-refractivity contribution in [2.75, 3.05) is 17.7 Å². The van der Waals surface area contributed by atoms with Gasteiger partial charge in [0.25, 0.3) is 0 Å². The highest BCUT2D eigenvalue weighted by atomic mass is 32.1. The van der Waals surface area contributed by atoms with Crippen LogP contribution in [-0.2, 0) is 0 Å². The Kier molecular flexibility index (Phi) is 4.29. The van der Waals surface area contributed by atoms with Gasteiger partial charge in [0.1, 0.15) is 10.6 Å². The Morgan fingerprint density at radius 1 is 1.19 bits per heavy atom. The molecular formula is C16H24N4S. The SMILES string of the molecule is CNc1nc(NC2CCCCCC2C)c2cc(C)sc2n1. The van der Waals surface area contributed by atoms with Gasteiger partial charge in [0.05, 0.1) is 5.39 Å². The van der Waals surface area contributed by atoms with Gasteiger partial charge in [-0.1, -0.05) is 26.2 Å². The van der Waals surface area contributed by atoms with Gasteiger partial charge in [-0.15, -0.1) is 11.3 Å². The Hall–Kier alpha value is -1.36. The van der Waals surface area contributed by atoms with Crippen molar-refractivity contribution in [1.29, 1.82) is 0 Å². The van der Waals surface area contributed by atoms with Crippen molar-refractivity contribution in [2.24, 2.45) is 5.92 Å². The minimum absolute atomic E-state index is 0.524. The van der Waals surface area contributed by atoms with Gasteiger partial charge in [-0.25, -0.2) is 4.98 Å². The van der Waals surface area contributed by atoms with E-state index >= 15 is 0 Å².